The number of hydrogen-bond acceptors (Lipinski definition) is 6. The van der Waals surface area contributed by atoms with Crippen molar-refractivity contribution in [1.82, 2.24) is 15.5 Å². The van der Waals surface area contributed by atoms with E-state index >= 15 is 0 Å². The van der Waals surface area contributed by atoms with Crippen LogP contribution in [-0.2, 0) is 9.59 Å². The van der Waals surface area contributed by atoms with Crippen molar-refractivity contribution in [2.75, 3.05) is 37.4 Å². The fourth-order valence-corrected chi connectivity index (χ4v) is 5.02. The molecule has 2 unspecified atom stereocenters. The predicted molar refractivity (Wildman–Crippen MR) is 117 cm³/mol. The lowest BCUT2D eigenvalue weighted by Gasteiger charge is -2.41. The maximum atomic E-state index is 12.8. The number of ether oxygens (including phenoxy) is 1. The number of rotatable bonds is 7. The molecule has 2 aliphatic rings. The Balaban J connectivity index is 1.51. The van der Waals surface area contributed by atoms with Gasteiger partial charge in [0, 0.05) is 38.1 Å². The SMILES string of the molecule is CCCC1CC(=O)NC(SCC(=O)N2CCN(c3ccccc3OC)[C@@H](C)C2)N1. The van der Waals surface area contributed by atoms with Gasteiger partial charge in [-0.15, -0.1) is 11.8 Å². The minimum Gasteiger partial charge on any atom is -0.495 e. The fraction of sp³-hybridized carbons (Fsp3) is 0.619. The first-order valence-corrected chi connectivity index (χ1v) is 11.4. The summed E-state index contributed by atoms with van der Waals surface area (Å²) in [5.74, 6) is 1.40. The molecule has 160 valence electrons. The van der Waals surface area contributed by atoms with Gasteiger partial charge in [-0.2, -0.15) is 0 Å². The molecular weight excluding hydrogens is 388 g/mol. The molecule has 0 spiro atoms. The summed E-state index contributed by atoms with van der Waals surface area (Å²) in [6, 6.07) is 8.41. The molecule has 2 saturated heterocycles. The first kappa shape index (κ1) is 21.8. The quantitative estimate of drug-likeness (QED) is 0.703. The second-order valence-electron chi connectivity index (χ2n) is 7.67. The average Bonchev–Trinajstić information content (AvgIpc) is 2.72. The third-order valence-electron chi connectivity index (χ3n) is 5.50. The number of piperazine rings is 1. The molecule has 0 aliphatic carbocycles. The van der Waals surface area contributed by atoms with Gasteiger partial charge in [-0.3, -0.25) is 14.9 Å². The van der Waals surface area contributed by atoms with Crippen LogP contribution in [0.25, 0.3) is 0 Å². The molecule has 29 heavy (non-hydrogen) atoms. The smallest absolute Gasteiger partial charge is 0.232 e. The summed E-state index contributed by atoms with van der Waals surface area (Å²) in [4.78, 5) is 28.9. The largest absolute Gasteiger partial charge is 0.495 e. The van der Waals surface area contributed by atoms with Gasteiger partial charge in [0.15, 0.2) is 0 Å². The van der Waals surface area contributed by atoms with E-state index in [0.29, 0.717) is 25.3 Å². The molecule has 8 heteroatoms. The van der Waals surface area contributed by atoms with Crippen molar-refractivity contribution >= 4 is 29.3 Å². The summed E-state index contributed by atoms with van der Waals surface area (Å²) < 4.78 is 5.49. The number of anilines is 1. The van der Waals surface area contributed by atoms with Crippen molar-refractivity contribution in [3.63, 3.8) is 0 Å². The number of amides is 2. The number of carbonyl (C=O) groups is 2. The van der Waals surface area contributed by atoms with Crippen LogP contribution < -0.4 is 20.3 Å². The van der Waals surface area contributed by atoms with E-state index in [1.54, 1.807) is 7.11 Å². The van der Waals surface area contributed by atoms with E-state index in [4.69, 9.17) is 4.74 Å². The standard InChI is InChI=1S/C21H32N4O3S/c1-4-7-16-12-19(26)23-21(22-16)29-14-20(27)24-10-11-25(15(2)13-24)17-8-5-6-9-18(17)28-3/h5-6,8-9,15-16,21-22H,4,7,10-14H2,1-3H3,(H,23,26)/t15-,16?,21?/m0/s1. The number of thioether (sulfide) groups is 1. The monoisotopic (exact) mass is 420 g/mol. The number of benzene rings is 1. The van der Waals surface area contributed by atoms with Gasteiger partial charge in [-0.25, -0.2) is 0 Å². The van der Waals surface area contributed by atoms with Crippen LogP contribution in [0.3, 0.4) is 0 Å². The predicted octanol–water partition coefficient (Wildman–Crippen LogP) is 2.03. The third-order valence-corrected chi connectivity index (χ3v) is 6.50. The van der Waals surface area contributed by atoms with Crippen molar-refractivity contribution in [1.29, 1.82) is 0 Å². The van der Waals surface area contributed by atoms with Gasteiger partial charge in [-0.1, -0.05) is 25.5 Å². The highest BCUT2D eigenvalue weighted by atomic mass is 32.2. The molecule has 2 heterocycles. The van der Waals surface area contributed by atoms with E-state index < -0.39 is 0 Å². The number of nitrogens with one attached hydrogen (secondary N) is 2. The maximum absolute atomic E-state index is 12.8. The highest BCUT2D eigenvalue weighted by molar-refractivity contribution is 8.00. The highest BCUT2D eigenvalue weighted by Crippen LogP contribution is 2.30. The summed E-state index contributed by atoms with van der Waals surface area (Å²) in [7, 11) is 1.68. The Hall–Kier alpha value is -1.93. The summed E-state index contributed by atoms with van der Waals surface area (Å²) in [6.07, 6.45) is 2.53. The molecule has 3 atom stereocenters. The molecule has 0 aromatic heterocycles. The van der Waals surface area contributed by atoms with Crippen LogP contribution in [0.15, 0.2) is 24.3 Å². The van der Waals surface area contributed by atoms with Crippen LogP contribution in [-0.4, -0.2) is 66.8 Å². The van der Waals surface area contributed by atoms with E-state index in [1.165, 1.54) is 11.8 Å². The Bertz CT molecular complexity index is 717. The lowest BCUT2D eigenvalue weighted by atomic mass is 10.1. The lowest BCUT2D eigenvalue weighted by molar-refractivity contribution is -0.129. The van der Waals surface area contributed by atoms with E-state index in [2.05, 4.69) is 35.4 Å². The van der Waals surface area contributed by atoms with E-state index in [-0.39, 0.29) is 29.4 Å². The fourth-order valence-electron chi connectivity index (χ4n) is 4.02. The lowest BCUT2D eigenvalue weighted by Crippen LogP contribution is -2.56. The van der Waals surface area contributed by atoms with Crippen molar-refractivity contribution in [3.05, 3.63) is 24.3 Å². The zero-order valence-electron chi connectivity index (χ0n) is 17.5. The number of nitrogens with zero attached hydrogens (tertiary/aromatic N) is 2. The Kier molecular flexibility index (Phi) is 7.66. The summed E-state index contributed by atoms with van der Waals surface area (Å²) in [5, 5.41) is 6.36. The van der Waals surface area contributed by atoms with Crippen LogP contribution in [0.2, 0.25) is 0 Å². The first-order chi connectivity index (χ1) is 14.0. The van der Waals surface area contributed by atoms with Crippen molar-refractivity contribution < 1.29 is 14.3 Å². The van der Waals surface area contributed by atoms with Gasteiger partial charge < -0.3 is 19.9 Å². The normalized spacial score (nSPS) is 24.9. The Morgan fingerprint density at radius 2 is 2.10 bits per heavy atom. The molecule has 2 amide bonds. The molecule has 7 nitrogen and oxygen atoms in total. The number of carbonyl (C=O) groups excluding carboxylic acids is 2. The second-order valence-corrected chi connectivity index (χ2v) is 8.76. The van der Waals surface area contributed by atoms with E-state index in [1.807, 2.05) is 23.1 Å². The number of methoxy groups -OCH3 is 1. The first-order valence-electron chi connectivity index (χ1n) is 10.4. The average molecular weight is 421 g/mol. The summed E-state index contributed by atoms with van der Waals surface area (Å²) in [5.41, 5.74) is 0.879. The molecule has 2 aliphatic heterocycles. The van der Waals surface area contributed by atoms with E-state index in [0.717, 1.165) is 30.8 Å². The van der Waals surface area contributed by atoms with Crippen LogP contribution in [0.5, 0.6) is 5.75 Å². The topological polar surface area (TPSA) is 73.9 Å². The zero-order valence-corrected chi connectivity index (χ0v) is 18.3. The van der Waals surface area contributed by atoms with Crippen molar-refractivity contribution in [2.45, 2.75) is 50.7 Å². The molecular formula is C21H32N4O3S. The zero-order chi connectivity index (χ0) is 20.8. The van der Waals surface area contributed by atoms with Gasteiger partial charge in [0.2, 0.25) is 11.8 Å². The molecule has 1 aromatic carbocycles. The van der Waals surface area contributed by atoms with Gasteiger partial charge in [0.1, 0.15) is 11.2 Å². The number of hydrogen-bond donors (Lipinski definition) is 2. The van der Waals surface area contributed by atoms with E-state index in [9.17, 15) is 9.59 Å². The molecule has 0 radical (unpaired) electrons. The second kappa shape index (κ2) is 10.2. The molecule has 2 N–H and O–H groups in total. The molecule has 0 bridgehead atoms. The van der Waals surface area contributed by atoms with Crippen molar-refractivity contribution in [3.8, 4) is 5.75 Å². The van der Waals surface area contributed by atoms with Gasteiger partial charge in [0.05, 0.1) is 18.6 Å². The third kappa shape index (κ3) is 5.57. The highest BCUT2D eigenvalue weighted by Gasteiger charge is 2.30. The van der Waals surface area contributed by atoms with Crippen LogP contribution >= 0.6 is 11.8 Å². The van der Waals surface area contributed by atoms with Crippen LogP contribution in [0.4, 0.5) is 5.69 Å². The Morgan fingerprint density at radius 1 is 1.31 bits per heavy atom. The Labute approximate surface area is 177 Å². The summed E-state index contributed by atoms with van der Waals surface area (Å²) >= 11 is 1.47. The molecule has 0 saturated carbocycles. The van der Waals surface area contributed by atoms with Gasteiger partial charge >= 0.3 is 0 Å². The molecule has 2 fully saturated rings. The van der Waals surface area contributed by atoms with Gasteiger partial charge in [0.25, 0.3) is 0 Å². The van der Waals surface area contributed by atoms with Crippen LogP contribution in [0, 0.1) is 0 Å². The maximum Gasteiger partial charge on any atom is 0.232 e. The summed E-state index contributed by atoms with van der Waals surface area (Å²) in [6.45, 7) is 6.39. The minimum atomic E-state index is -0.191. The minimum absolute atomic E-state index is 0.0613. The molecule has 1 aromatic rings. The van der Waals surface area contributed by atoms with Crippen molar-refractivity contribution in [2.24, 2.45) is 0 Å². The van der Waals surface area contributed by atoms with Gasteiger partial charge in [-0.05, 0) is 25.5 Å². The number of para-hydroxylation sites is 2. The molecule has 3 rings (SSSR count). The Morgan fingerprint density at radius 3 is 2.83 bits per heavy atom. The van der Waals surface area contributed by atoms with Crippen LogP contribution in [0.1, 0.15) is 33.1 Å².